The zero-order chi connectivity index (χ0) is 30.4. The van der Waals surface area contributed by atoms with Crippen LogP contribution >= 0.6 is 31.2 Å². The van der Waals surface area contributed by atoms with Crippen LogP contribution in [0.5, 0.6) is 5.75 Å². The number of nitrogens with one attached hydrogen (secondary N) is 2. The lowest BCUT2D eigenvalue weighted by Crippen LogP contribution is -2.42. The van der Waals surface area contributed by atoms with Crippen molar-refractivity contribution in [1.29, 1.82) is 0 Å². The molecule has 2 aromatic carbocycles. The zero-order valence-electron chi connectivity index (χ0n) is 25.2. The van der Waals surface area contributed by atoms with Gasteiger partial charge in [-0.3, -0.25) is 14.1 Å². The number of rotatable bonds is 7. The van der Waals surface area contributed by atoms with E-state index in [0.717, 1.165) is 26.2 Å². The minimum absolute atomic E-state index is 0.0373. The molecule has 42 heavy (non-hydrogen) atoms. The molecule has 2 N–H and O–H groups in total. The van der Waals surface area contributed by atoms with Crippen LogP contribution in [0.3, 0.4) is 0 Å². The zero-order valence-corrected chi connectivity index (χ0v) is 28.5. The maximum atomic E-state index is 13.3. The van der Waals surface area contributed by atoms with Crippen molar-refractivity contribution in [3.05, 3.63) is 47.5 Å². The van der Waals surface area contributed by atoms with Crippen LogP contribution in [0.1, 0.15) is 72.1 Å². The molecule has 232 valence electrons. The molecule has 2 aliphatic rings. The summed E-state index contributed by atoms with van der Waals surface area (Å²) in [5, 5.41) is 3.64. The van der Waals surface area contributed by atoms with Crippen molar-refractivity contribution in [2.45, 2.75) is 82.2 Å². The molecule has 8 nitrogen and oxygen atoms in total. The molecule has 12 heteroatoms. The van der Waals surface area contributed by atoms with Crippen molar-refractivity contribution < 1.29 is 13.2 Å². The molecule has 0 aliphatic carbocycles. The second kappa shape index (κ2) is 14.4. The standard InChI is InChI=1S/C30H45ClN5O3PS2/c1-30(2,3)40(35-19-9-5-6-10-20-35,36-21-11-7-8-12-22-36)33-29(41)32-25-15-18-27(31)28(23-25)42(37,38)34-24-13-16-26(39-4)17-14-24/h13-18,23,34H,5-12,19-22H2,1-4H3,(H,32,41). The van der Waals surface area contributed by atoms with Gasteiger partial charge in [0, 0.05) is 42.7 Å². The first-order valence-corrected chi connectivity index (χ1v) is 18.8. The van der Waals surface area contributed by atoms with Crippen LogP contribution in [0.15, 0.2) is 52.1 Å². The highest BCUT2D eigenvalue weighted by molar-refractivity contribution is 7.92. The summed E-state index contributed by atoms with van der Waals surface area (Å²) in [5.74, 6) is 0.633. The van der Waals surface area contributed by atoms with Gasteiger partial charge in [0.05, 0.1) is 12.1 Å². The molecule has 0 spiro atoms. The molecule has 2 saturated heterocycles. The van der Waals surface area contributed by atoms with Gasteiger partial charge in [0.1, 0.15) is 18.0 Å². The Morgan fingerprint density at radius 1 is 0.881 bits per heavy atom. The predicted octanol–water partition coefficient (Wildman–Crippen LogP) is 8.43. The Hall–Kier alpha value is -1.68. The molecule has 0 saturated carbocycles. The van der Waals surface area contributed by atoms with Crippen LogP contribution in [0, 0.1) is 0 Å². The molecular formula is C30H45ClN5O3PS2. The van der Waals surface area contributed by atoms with Crippen molar-refractivity contribution in [3.8, 4) is 5.75 Å². The van der Waals surface area contributed by atoms with E-state index in [1.165, 1.54) is 57.4 Å². The Balaban J connectivity index is 1.68. The molecule has 0 atom stereocenters. The molecular weight excluding hydrogens is 609 g/mol. The van der Waals surface area contributed by atoms with E-state index >= 15 is 0 Å². The quantitative estimate of drug-likeness (QED) is 0.229. The largest absolute Gasteiger partial charge is 0.497 e. The lowest BCUT2D eigenvalue weighted by molar-refractivity contribution is 0.368. The number of methoxy groups -OCH3 is 1. The van der Waals surface area contributed by atoms with Crippen LogP contribution in [0.25, 0.3) is 0 Å². The molecule has 2 fully saturated rings. The average molecular weight is 654 g/mol. The SMILES string of the molecule is COc1ccc(NS(=O)(=O)c2cc(NC(=S)N=P(N3CCCCCC3)(N3CCCCCC3)C(C)(C)C)ccc2Cl)cc1. The molecule has 0 bridgehead atoms. The molecule has 0 radical (unpaired) electrons. The molecule has 0 unspecified atom stereocenters. The van der Waals surface area contributed by atoms with E-state index in [-0.39, 0.29) is 15.1 Å². The first-order valence-electron chi connectivity index (χ1n) is 14.9. The van der Waals surface area contributed by atoms with Gasteiger partial charge in [-0.2, -0.15) is 0 Å². The predicted molar refractivity (Wildman–Crippen MR) is 181 cm³/mol. The maximum absolute atomic E-state index is 13.3. The van der Waals surface area contributed by atoms with Crippen LogP contribution in [0.2, 0.25) is 5.02 Å². The van der Waals surface area contributed by atoms with Crippen LogP contribution in [0.4, 0.5) is 11.4 Å². The second-order valence-electron chi connectivity index (χ2n) is 12.0. The van der Waals surface area contributed by atoms with E-state index in [1.807, 2.05) is 0 Å². The number of benzene rings is 2. The number of hydrogen-bond donors (Lipinski definition) is 2. The Labute approximate surface area is 262 Å². The van der Waals surface area contributed by atoms with Crippen LogP contribution in [-0.4, -0.2) is 61.3 Å². The lowest BCUT2D eigenvalue weighted by atomic mass is 10.2. The first kappa shape index (κ1) is 33.2. The monoisotopic (exact) mass is 653 g/mol. The summed E-state index contributed by atoms with van der Waals surface area (Å²) >= 11 is 12.3. The fraction of sp³-hybridized carbons (Fsp3) is 0.567. The highest BCUT2D eigenvalue weighted by atomic mass is 35.5. The van der Waals surface area contributed by atoms with E-state index in [0.29, 0.717) is 22.2 Å². The maximum Gasteiger partial charge on any atom is 0.263 e. The average Bonchev–Trinajstić information content (AvgIpc) is 3.38. The fourth-order valence-corrected chi connectivity index (χ4v) is 12.5. The molecule has 2 aromatic rings. The number of thiocarbonyl (C=S) groups is 1. The van der Waals surface area contributed by atoms with E-state index < -0.39 is 17.4 Å². The van der Waals surface area contributed by atoms with Gasteiger partial charge < -0.3 is 10.1 Å². The molecule has 2 aliphatic heterocycles. The van der Waals surface area contributed by atoms with Gasteiger partial charge in [-0.05, 0) is 80.4 Å². The Kier molecular flexibility index (Phi) is 11.4. The van der Waals surface area contributed by atoms with E-state index in [4.69, 9.17) is 33.3 Å². The van der Waals surface area contributed by atoms with Gasteiger partial charge in [-0.1, -0.05) is 58.1 Å². The number of halogens is 1. The Bertz CT molecular complexity index is 1360. The summed E-state index contributed by atoms with van der Waals surface area (Å²) in [6.07, 6.45) is 9.65. The minimum atomic E-state index is -3.97. The third kappa shape index (κ3) is 7.88. The normalized spacial score (nSPS) is 18.0. The summed E-state index contributed by atoms with van der Waals surface area (Å²) in [5.41, 5.74) is 0.937. The van der Waals surface area contributed by atoms with Gasteiger partial charge in [-0.25, -0.2) is 13.2 Å². The highest BCUT2D eigenvalue weighted by Gasteiger charge is 2.44. The number of hydrogen-bond acceptors (Lipinski definition) is 4. The summed E-state index contributed by atoms with van der Waals surface area (Å²) in [4.78, 5) is -0.0373. The lowest BCUT2D eigenvalue weighted by Gasteiger charge is -2.50. The van der Waals surface area contributed by atoms with E-state index in [2.05, 4.69) is 40.2 Å². The fourth-order valence-electron chi connectivity index (χ4n) is 5.90. The molecule has 0 amide bonds. The van der Waals surface area contributed by atoms with Gasteiger partial charge in [0.25, 0.3) is 10.0 Å². The number of anilines is 2. The molecule has 2 heterocycles. The first-order chi connectivity index (χ1) is 20.0. The van der Waals surface area contributed by atoms with E-state index in [9.17, 15) is 8.42 Å². The van der Waals surface area contributed by atoms with Crippen LogP contribution < -0.4 is 14.8 Å². The minimum Gasteiger partial charge on any atom is -0.497 e. The van der Waals surface area contributed by atoms with Crippen molar-refractivity contribution in [3.63, 3.8) is 0 Å². The van der Waals surface area contributed by atoms with Gasteiger partial charge in [0.15, 0.2) is 5.11 Å². The third-order valence-electron chi connectivity index (χ3n) is 7.90. The Morgan fingerprint density at radius 2 is 1.38 bits per heavy atom. The highest BCUT2D eigenvalue weighted by Crippen LogP contribution is 2.67. The molecule has 4 rings (SSSR count). The Morgan fingerprint density at radius 3 is 1.86 bits per heavy atom. The van der Waals surface area contributed by atoms with Crippen LogP contribution in [-0.2, 0) is 10.0 Å². The number of sulfonamides is 1. The van der Waals surface area contributed by atoms with Gasteiger partial charge >= 0.3 is 0 Å². The smallest absolute Gasteiger partial charge is 0.263 e. The summed E-state index contributed by atoms with van der Waals surface area (Å²) < 4.78 is 45.2. The van der Waals surface area contributed by atoms with Crippen molar-refractivity contribution in [1.82, 2.24) is 9.34 Å². The topological polar surface area (TPSA) is 86.3 Å². The van der Waals surface area contributed by atoms with Gasteiger partial charge in [0.2, 0.25) is 0 Å². The number of nitrogens with zero attached hydrogens (tertiary/aromatic N) is 3. The third-order valence-corrected chi connectivity index (χ3v) is 14.7. The summed E-state index contributed by atoms with van der Waals surface area (Å²) in [6.45, 7) is 11.0. The van der Waals surface area contributed by atoms with E-state index in [1.54, 1.807) is 43.5 Å². The molecule has 0 aromatic heterocycles. The van der Waals surface area contributed by atoms with Crippen molar-refractivity contribution in [2.75, 3.05) is 43.3 Å². The summed E-state index contributed by atoms with van der Waals surface area (Å²) in [6, 6.07) is 11.5. The number of ether oxygens (including phenoxy) is 1. The summed E-state index contributed by atoms with van der Waals surface area (Å²) in [7, 11) is -4.67. The van der Waals surface area contributed by atoms with Crippen molar-refractivity contribution in [2.24, 2.45) is 4.74 Å². The second-order valence-corrected chi connectivity index (χ2v) is 18.2. The van der Waals surface area contributed by atoms with Gasteiger partial charge in [-0.15, -0.1) is 0 Å². The van der Waals surface area contributed by atoms with Crippen molar-refractivity contribution >= 4 is 57.7 Å².